The fourth-order valence-electron chi connectivity index (χ4n) is 4.23. The van der Waals surface area contributed by atoms with Crippen LogP contribution in [0.1, 0.15) is 31.6 Å². The first kappa shape index (κ1) is 18.6. The number of carbonyl (C=O) groups is 1. The number of aryl methyl sites for hydroxylation is 1. The van der Waals surface area contributed by atoms with Gasteiger partial charge < -0.3 is 14.7 Å². The third-order valence-corrected chi connectivity index (χ3v) is 7.10. The van der Waals surface area contributed by atoms with E-state index in [4.69, 9.17) is 0 Å². The van der Waals surface area contributed by atoms with Gasteiger partial charge in [-0.15, -0.1) is 11.3 Å². The fourth-order valence-corrected chi connectivity index (χ4v) is 5.16. The van der Waals surface area contributed by atoms with E-state index in [0.29, 0.717) is 5.91 Å². The summed E-state index contributed by atoms with van der Waals surface area (Å²) in [7, 11) is 0. The van der Waals surface area contributed by atoms with Crippen molar-refractivity contribution in [1.82, 2.24) is 19.8 Å². The van der Waals surface area contributed by atoms with Crippen LogP contribution in [0.5, 0.6) is 0 Å². The summed E-state index contributed by atoms with van der Waals surface area (Å²) in [6.07, 6.45) is 4.72. The van der Waals surface area contributed by atoms with Crippen LogP contribution >= 0.6 is 11.3 Å². The van der Waals surface area contributed by atoms with E-state index in [2.05, 4.69) is 44.6 Å². The van der Waals surface area contributed by atoms with Crippen molar-refractivity contribution < 1.29 is 4.79 Å². The number of piperidine rings is 1. The number of aromatic nitrogens is 2. The van der Waals surface area contributed by atoms with Crippen LogP contribution in [0.2, 0.25) is 0 Å². The molecule has 6 nitrogen and oxygen atoms in total. The lowest BCUT2D eigenvalue weighted by Crippen LogP contribution is -2.52. The van der Waals surface area contributed by atoms with E-state index in [-0.39, 0.29) is 5.92 Å². The van der Waals surface area contributed by atoms with Gasteiger partial charge in [-0.3, -0.25) is 4.79 Å². The molecule has 7 heteroatoms. The van der Waals surface area contributed by atoms with Gasteiger partial charge in [-0.25, -0.2) is 9.97 Å². The molecule has 146 valence electrons. The van der Waals surface area contributed by atoms with E-state index in [1.807, 2.05) is 0 Å². The topological polar surface area (TPSA) is 52.6 Å². The van der Waals surface area contributed by atoms with Gasteiger partial charge in [0.2, 0.25) is 5.91 Å². The zero-order chi connectivity index (χ0) is 18.8. The third-order valence-electron chi connectivity index (χ3n) is 5.91. The number of amides is 1. The Hall–Kier alpha value is -1.73. The molecule has 4 heterocycles. The van der Waals surface area contributed by atoms with Crippen LogP contribution in [-0.2, 0) is 11.2 Å². The van der Waals surface area contributed by atoms with Crippen LogP contribution in [0.15, 0.2) is 12.4 Å². The Morgan fingerprint density at radius 2 is 2.00 bits per heavy atom. The summed E-state index contributed by atoms with van der Waals surface area (Å²) in [5.74, 6) is 1.42. The van der Waals surface area contributed by atoms with Gasteiger partial charge in [-0.1, -0.05) is 13.8 Å². The van der Waals surface area contributed by atoms with Gasteiger partial charge in [0.15, 0.2) is 0 Å². The smallest absolute Gasteiger partial charge is 0.227 e. The normalized spacial score (nSPS) is 21.8. The highest BCUT2D eigenvalue weighted by Gasteiger charge is 2.32. The second-order valence-electron chi connectivity index (χ2n) is 7.53. The lowest BCUT2D eigenvalue weighted by atomic mass is 9.96. The minimum absolute atomic E-state index is 0.0845. The maximum absolute atomic E-state index is 13.1. The number of piperazine rings is 1. The molecule has 0 bridgehead atoms. The van der Waals surface area contributed by atoms with E-state index < -0.39 is 0 Å². The largest absolute Gasteiger partial charge is 0.355 e. The van der Waals surface area contributed by atoms with Crippen molar-refractivity contribution in [3.05, 3.63) is 17.3 Å². The summed E-state index contributed by atoms with van der Waals surface area (Å²) >= 11 is 1.75. The van der Waals surface area contributed by atoms with Crippen molar-refractivity contribution in [1.29, 1.82) is 0 Å². The molecule has 27 heavy (non-hydrogen) atoms. The summed E-state index contributed by atoms with van der Waals surface area (Å²) in [6, 6.07) is 2.23. The molecule has 0 unspecified atom stereocenters. The second kappa shape index (κ2) is 8.10. The number of anilines is 1. The minimum atomic E-state index is 0.0845. The number of rotatable bonds is 4. The van der Waals surface area contributed by atoms with Crippen molar-refractivity contribution in [2.24, 2.45) is 5.92 Å². The number of fused-ring (bicyclic) bond motifs is 1. The fraction of sp³-hybridized carbons (Fsp3) is 0.650. The molecule has 2 fully saturated rings. The lowest BCUT2D eigenvalue weighted by Gasteiger charge is -2.39. The minimum Gasteiger partial charge on any atom is -0.355 e. The molecule has 2 aromatic rings. The molecule has 0 spiro atoms. The predicted molar refractivity (Wildman–Crippen MR) is 110 cm³/mol. The zero-order valence-electron chi connectivity index (χ0n) is 16.4. The first-order valence-electron chi connectivity index (χ1n) is 10.2. The van der Waals surface area contributed by atoms with Crippen molar-refractivity contribution in [3.63, 3.8) is 0 Å². The van der Waals surface area contributed by atoms with Crippen molar-refractivity contribution in [2.75, 3.05) is 50.7 Å². The van der Waals surface area contributed by atoms with E-state index in [1.165, 1.54) is 4.88 Å². The number of likely N-dealkylation sites (N-methyl/N-ethyl adjacent to an activating group) is 1. The van der Waals surface area contributed by atoms with E-state index in [1.54, 1.807) is 17.7 Å². The Balaban J connectivity index is 1.48. The molecule has 0 aliphatic carbocycles. The molecule has 2 aliphatic rings. The van der Waals surface area contributed by atoms with E-state index in [9.17, 15) is 4.79 Å². The number of hydrogen-bond acceptors (Lipinski definition) is 6. The van der Waals surface area contributed by atoms with Crippen molar-refractivity contribution in [3.8, 4) is 0 Å². The maximum atomic E-state index is 13.1. The molecule has 1 atom stereocenters. The molecule has 4 rings (SSSR count). The molecule has 2 saturated heterocycles. The Morgan fingerprint density at radius 3 is 2.74 bits per heavy atom. The Morgan fingerprint density at radius 1 is 1.19 bits per heavy atom. The summed E-state index contributed by atoms with van der Waals surface area (Å²) < 4.78 is 0. The summed E-state index contributed by atoms with van der Waals surface area (Å²) in [4.78, 5) is 31.3. The monoisotopic (exact) mass is 387 g/mol. The van der Waals surface area contributed by atoms with Gasteiger partial charge >= 0.3 is 0 Å². The van der Waals surface area contributed by atoms with Crippen molar-refractivity contribution in [2.45, 2.75) is 33.1 Å². The van der Waals surface area contributed by atoms with Gasteiger partial charge in [0.05, 0.1) is 11.3 Å². The lowest BCUT2D eigenvalue weighted by molar-refractivity contribution is -0.137. The third kappa shape index (κ3) is 3.80. The van der Waals surface area contributed by atoms with Crippen molar-refractivity contribution >= 4 is 33.3 Å². The molecule has 0 N–H and O–H groups in total. The quantitative estimate of drug-likeness (QED) is 0.807. The maximum Gasteiger partial charge on any atom is 0.227 e. The molecular formula is C20H29N5OS. The summed E-state index contributed by atoms with van der Waals surface area (Å²) in [6.45, 7) is 10.9. The standard InChI is InChI=1S/C20H29N5OS/c1-3-16-12-17-18(21-14-22-19(17)27-16)25-7-5-6-15(13-25)20(26)24-10-8-23(4-2)9-11-24/h12,14-15H,3-11,13H2,1-2H3/t15-/m1/s1. The summed E-state index contributed by atoms with van der Waals surface area (Å²) in [5.41, 5.74) is 0. The molecule has 0 saturated carbocycles. The van der Waals surface area contributed by atoms with Crippen LogP contribution in [0.4, 0.5) is 5.82 Å². The number of thiophene rings is 1. The molecule has 0 aromatic carbocycles. The first-order valence-corrected chi connectivity index (χ1v) is 11.0. The second-order valence-corrected chi connectivity index (χ2v) is 8.64. The molecule has 1 amide bonds. The van der Waals surface area contributed by atoms with Gasteiger partial charge in [-0.2, -0.15) is 0 Å². The van der Waals surface area contributed by atoms with Crippen LogP contribution in [0, 0.1) is 5.92 Å². The van der Waals surface area contributed by atoms with Gasteiger partial charge in [-0.05, 0) is 31.9 Å². The first-order chi connectivity index (χ1) is 13.2. The van der Waals surface area contributed by atoms with E-state index in [0.717, 1.165) is 81.1 Å². The number of carbonyl (C=O) groups excluding carboxylic acids is 1. The van der Waals surface area contributed by atoms with Gasteiger partial charge in [0, 0.05) is 44.1 Å². The van der Waals surface area contributed by atoms with Crippen LogP contribution in [0.25, 0.3) is 10.2 Å². The Kier molecular flexibility index (Phi) is 5.59. The average Bonchev–Trinajstić information content (AvgIpc) is 3.17. The number of nitrogens with zero attached hydrogens (tertiary/aromatic N) is 5. The van der Waals surface area contributed by atoms with Crippen LogP contribution in [-0.4, -0.2) is 71.5 Å². The molecular weight excluding hydrogens is 358 g/mol. The summed E-state index contributed by atoms with van der Waals surface area (Å²) in [5, 5.41) is 1.14. The zero-order valence-corrected chi connectivity index (χ0v) is 17.2. The highest BCUT2D eigenvalue weighted by atomic mass is 32.1. The molecule has 2 aromatic heterocycles. The Bertz CT molecular complexity index is 799. The SMILES string of the molecule is CCc1cc2c(N3CCC[C@@H](C(=O)N4CCN(CC)CC4)C3)ncnc2s1. The van der Waals surface area contributed by atoms with Gasteiger partial charge in [0.1, 0.15) is 17.0 Å². The van der Waals surface area contributed by atoms with Crippen LogP contribution in [0.3, 0.4) is 0 Å². The highest BCUT2D eigenvalue weighted by molar-refractivity contribution is 7.18. The Labute approximate surface area is 165 Å². The average molecular weight is 388 g/mol. The number of hydrogen-bond donors (Lipinski definition) is 0. The molecule has 0 radical (unpaired) electrons. The van der Waals surface area contributed by atoms with E-state index >= 15 is 0 Å². The van der Waals surface area contributed by atoms with Crippen LogP contribution < -0.4 is 4.90 Å². The predicted octanol–water partition coefficient (Wildman–Crippen LogP) is 2.63. The molecule has 2 aliphatic heterocycles. The van der Waals surface area contributed by atoms with Gasteiger partial charge in [0.25, 0.3) is 0 Å². The highest BCUT2D eigenvalue weighted by Crippen LogP contribution is 2.33.